The van der Waals surface area contributed by atoms with Crippen LogP contribution in [0, 0.1) is 0 Å². The quantitative estimate of drug-likeness (QED) is 0.389. The molecule has 142 valence electrons. The van der Waals surface area contributed by atoms with E-state index in [1.165, 1.54) is 12.3 Å². The number of benzene rings is 1. The maximum Gasteiger partial charge on any atom is 0.422 e. The molecule has 0 atom stereocenters. The fourth-order valence-corrected chi connectivity index (χ4v) is 2.93. The minimum absolute atomic E-state index is 0.0231. The van der Waals surface area contributed by atoms with Gasteiger partial charge in [-0.05, 0) is 17.7 Å². The second-order valence-corrected chi connectivity index (χ2v) is 6.26. The zero-order chi connectivity index (χ0) is 19.7. The van der Waals surface area contributed by atoms with E-state index in [0.717, 1.165) is 5.56 Å². The lowest BCUT2D eigenvalue weighted by molar-refractivity contribution is -0.137. The van der Waals surface area contributed by atoms with Crippen molar-refractivity contribution in [3.8, 4) is 34.4 Å². The number of rotatable bonds is 4. The highest BCUT2D eigenvalue weighted by Crippen LogP contribution is 2.42. The SMILES string of the molecule is FC(F)(F)c1c(-c2ccccn2)noc1-c1nc(-c2ccc(CBr)cc2)no1. The van der Waals surface area contributed by atoms with Gasteiger partial charge in [-0.15, -0.1) is 0 Å². The highest BCUT2D eigenvalue weighted by atomic mass is 79.9. The average Bonchev–Trinajstić information content (AvgIpc) is 3.35. The van der Waals surface area contributed by atoms with Crippen LogP contribution in [0.4, 0.5) is 13.2 Å². The van der Waals surface area contributed by atoms with E-state index in [4.69, 9.17) is 9.05 Å². The van der Waals surface area contributed by atoms with Crippen molar-refractivity contribution >= 4 is 15.9 Å². The van der Waals surface area contributed by atoms with Crippen LogP contribution in [-0.2, 0) is 11.5 Å². The molecule has 0 aliphatic rings. The number of hydrogen-bond donors (Lipinski definition) is 0. The predicted molar refractivity (Wildman–Crippen MR) is 96.1 cm³/mol. The molecule has 0 spiro atoms. The first-order chi connectivity index (χ1) is 13.5. The van der Waals surface area contributed by atoms with Crippen LogP contribution in [0.25, 0.3) is 34.4 Å². The van der Waals surface area contributed by atoms with E-state index < -0.39 is 29.1 Å². The van der Waals surface area contributed by atoms with Gasteiger partial charge in [0.2, 0.25) is 11.6 Å². The molecule has 1 aromatic carbocycles. The van der Waals surface area contributed by atoms with Gasteiger partial charge >= 0.3 is 6.18 Å². The average molecular weight is 451 g/mol. The summed E-state index contributed by atoms with van der Waals surface area (Å²) >= 11 is 3.34. The summed E-state index contributed by atoms with van der Waals surface area (Å²) in [6.45, 7) is 0. The molecule has 0 aliphatic carbocycles. The highest BCUT2D eigenvalue weighted by molar-refractivity contribution is 9.08. The zero-order valence-corrected chi connectivity index (χ0v) is 15.5. The standard InChI is InChI=1S/C18H10BrF3N4O2/c19-9-10-4-6-11(7-5-10)16-24-17(28-26-16)15-13(18(20,21)22)14(25-27-15)12-3-1-2-8-23-12/h1-8H,9H2. The van der Waals surface area contributed by atoms with E-state index in [0.29, 0.717) is 10.9 Å². The molecule has 0 saturated heterocycles. The van der Waals surface area contributed by atoms with Gasteiger partial charge in [-0.25, -0.2) is 0 Å². The molecule has 28 heavy (non-hydrogen) atoms. The molecule has 4 aromatic rings. The number of pyridine rings is 1. The molecule has 10 heteroatoms. The Hall–Kier alpha value is -3.01. The largest absolute Gasteiger partial charge is 0.422 e. The van der Waals surface area contributed by atoms with Crippen LogP contribution in [0.15, 0.2) is 57.7 Å². The van der Waals surface area contributed by atoms with Crippen LogP contribution in [0.1, 0.15) is 11.1 Å². The van der Waals surface area contributed by atoms with Crippen LogP contribution < -0.4 is 0 Å². The molecule has 0 amide bonds. The smallest absolute Gasteiger partial charge is 0.350 e. The first-order valence-electron chi connectivity index (χ1n) is 7.95. The van der Waals surface area contributed by atoms with E-state index in [1.54, 1.807) is 24.3 Å². The third kappa shape index (κ3) is 3.42. The lowest BCUT2D eigenvalue weighted by atomic mass is 10.1. The van der Waals surface area contributed by atoms with Crippen molar-refractivity contribution in [3.63, 3.8) is 0 Å². The Balaban J connectivity index is 1.78. The molecule has 0 aliphatic heterocycles. The fourth-order valence-electron chi connectivity index (χ4n) is 2.55. The highest BCUT2D eigenvalue weighted by Gasteiger charge is 2.43. The number of halogens is 4. The maximum atomic E-state index is 13.7. The van der Waals surface area contributed by atoms with Crippen molar-refractivity contribution < 1.29 is 22.2 Å². The number of nitrogens with zero attached hydrogens (tertiary/aromatic N) is 4. The molecule has 6 nitrogen and oxygen atoms in total. The molecule has 3 aromatic heterocycles. The lowest BCUT2D eigenvalue weighted by Crippen LogP contribution is -2.07. The van der Waals surface area contributed by atoms with Crippen LogP contribution >= 0.6 is 15.9 Å². The third-order valence-corrected chi connectivity index (χ3v) is 4.52. The summed E-state index contributed by atoms with van der Waals surface area (Å²) in [6.07, 6.45) is -3.39. The van der Waals surface area contributed by atoms with Gasteiger partial charge in [-0.3, -0.25) is 4.98 Å². The summed E-state index contributed by atoms with van der Waals surface area (Å²) < 4.78 is 51.1. The molecule has 0 radical (unpaired) electrons. The second kappa shape index (κ2) is 7.19. The molecule has 0 N–H and O–H groups in total. The molecule has 4 rings (SSSR count). The van der Waals surface area contributed by atoms with Crippen LogP contribution in [0.2, 0.25) is 0 Å². The van der Waals surface area contributed by atoms with E-state index >= 15 is 0 Å². The van der Waals surface area contributed by atoms with Gasteiger partial charge in [0.25, 0.3) is 5.89 Å². The predicted octanol–water partition coefficient (Wildman–Crippen LogP) is 5.37. The minimum atomic E-state index is -4.76. The van der Waals surface area contributed by atoms with Crippen molar-refractivity contribution in [1.29, 1.82) is 0 Å². The number of hydrogen-bond acceptors (Lipinski definition) is 6. The van der Waals surface area contributed by atoms with Crippen LogP contribution in [0.5, 0.6) is 0 Å². The van der Waals surface area contributed by atoms with Crippen LogP contribution in [-0.4, -0.2) is 20.3 Å². The Morgan fingerprint density at radius 2 is 1.75 bits per heavy atom. The molecule has 0 bridgehead atoms. The Labute approximate surface area is 164 Å². The molecular formula is C18H10BrF3N4O2. The molecule has 0 saturated carbocycles. The van der Waals surface area contributed by atoms with Crippen molar-refractivity contribution in [3.05, 3.63) is 59.8 Å². The van der Waals surface area contributed by atoms with Gasteiger partial charge in [0.05, 0.1) is 5.69 Å². The zero-order valence-electron chi connectivity index (χ0n) is 13.9. The fraction of sp³-hybridized carbons (Fsp3) is 0.111. The Morgan fingerprint density at radius 3 is 2.39 bits per heavy atom. The van der Waals surface area contributed by atoms with Gasteiger partial charge in [-0.2, -0.15) is 18.2 Å². The third-order valence-electron chi connectivity index (χ3n) is 3.87. The Bertz CT molecular complexity index is 1090. The first kappa shape index (κ1) is 18.4. The first-order valence-corrected chi connectivity index (χ1v) is 9.07. The van der Waals surface area contributed by atoms with Gasteiger partial charge in [-0.1, -0.05) is 56.6 Å². The van der Waals surface area contributed by atoms with Crippen molar-refractivity contribution in [2.75, 3.05) is 0 Å². The molecular weight excluding hydrogens is 441 g/mol. The summed E-state index contributed by atoms with van der Waals surface area (Å²) in [5, 5.41) is 7.97. The molecule has 3 heterocycles. The van der Waals surface area contributed by atoms with Crippen molar-refractivity contribution in [1.82, 2.24) is 20.3 Å². The lowest BCUT2D eigenvalue weighted by Gasteiger charge is -2.06. The van der Waals surface area contributed by atoms with E-state index in [1.807, 2.05) is 12.1 Å². The van der Waals surface area contributed by atoms with Gasteiger partial charge in [0.1, 0.15) is 11.3 Å². The van der Waals surface area contributed by atoms with Gasteiger partial charge in [0, 0.05) is 17.1 Å². The molecule has 0 fully saturated rings. The topological polar surface area (TPSA) is 77.8 Å². The second-order valence-electron chi connectivity index (χ2n) is 5.70. The number of alkyl halides is 4. The summed E-state index contributed by atoms with van der Waals surface area (Å²) in [4.78, 5) is 7.95. The van der Waals surface area contributed by atoms with E-state index in [2.05, 4.69) is 36.2 Å². The monoisotopic (exact) mass is 450 g/mol. The minimum Gasteiger partial charge on any atom is -0.350 e. The van der Waals surface area contributed by atoms with E-state index in [9.17, 15) is 13.2 Å². The Morgan fingerprint density at radius 1 is 0.964 bits per heavy atom. The molecule has 0 unspecified atom stereocenters. The number of aromatic nitrogens is 4. The van der Waals surface area contributed by atoms with Crippen molar-refractivity contribution in [2.45, 2.75) is 11.5 Å². The van der Waals surface area contributed by atoms with E-state index in [-0.39, 0.29) is 11.5 Å². The maximum absolute atomic E-state index is 13.7. The van der Waals surface area contributed by atoms with Gasteiger partial charge in [0.15, 0.2) is 0 Å². The summed E-state index contributed by atoms with van der Waals surface area (Å²) in [6, 6.07) is 11.7. The van der Waals surface area contributed by atoms with Crippen LogP contribution in [0.3, 0.4) is 0 Å². The summed E-state index contributed by atoms with van der Waals surface area (Å²) in [7, 11) is 0. The Kier molecular flexibility index (Phi) is 4.71. The van der Waals surface area contributed by atoms with Crippen molar-refractivity contribution in [2.24, 2.45) is 0 Å². The van der Waals surface area contributed by atoms with Gasteiger partial charge < -0.3 is 9.05 Å². The summed E-state index contributed by atoms with van der Waals surface area (Å²) in [5.74, 6) is -0.925. The summed E-state index contributed by atoms with van der Waals surface area (Å²) in [5.41, 5.74) is 0.0928. The normalized spacial score (nSPS) is 11.7.